The first kappa shape index (κ1) is 19.5. The highest BCUT2D eigenvalue weighted by atomic mass is 32.2. The van der Waals surface area contributed by atoms with Crippen LogP contribution in [0.25, 0.3) is 0 Å². The zero-order valence-electron chi connectivity index (χ0n) is 15.6. The molecule has 1 aliphatic heterocycles. The fourth-order valence-corrected chi connectivity index (χ4v) is 4.75. The topological polar surface area (TPSA) is 79.4 Å². The minimum atomic E-state index is -3.50. The summed E-state index contributed by atoms with van der Waals surface area (Å²) < 4.78 is 27.0. The van der Waals surface area contributed by atoms with Crippen LogP contribution in [0.3, 0.4) is 0 Å². The van der Waals surface area contributed by atoms with Gasteiger partial charge in [-0.15, -0.1) is 0 Å². The first-order valence-corrected chi connectivity index (χ1v) is 10.6. The molecule has 1 N–H and O–H groups in total. The lowest BCUT2D eigenvalue weighted by molar-refractivity contribution is -0.126. The van der Waals surface area contributed by atoms with E-state index in [2.05, 4.69) is 10.3 Å². The minimum absolute atomic E-state index is 0.0216. The Morgan fingerprint density at radius 1 is 1.11 bits per heavy atom. The molecule has 0 spiro atoms. The van der Waals surface area contributed by atoms with Crippen molar-refractivity contribution in [2.24, 2.45) is 5.92 Å². The number of hydrogen-bond acceptors (Lipinski definition) is 4. The summed E-state index contributed by atoms with van der Waals surface area (Å²) in [6.45, 7) is 4.58. The van der Waals surface area contributed by atoms with Gasteiger partial charge in [-0.25, -0.2) is 8.42 Å². The fourth-order valence-electron chi connectivity index (χ4n) is 3.28. The molecule has 0 saturated carbocycles. The van der Waals surface area contributed by atoms with E-state index < -0.39 is 10.0 Å². The van der Waals surface area contributed by atoms with Crippen molar-refractivity contribution in [3.05, 3.63) is 59.9 Å². The minimum Gasteiger partial charge on any atom is -0.349 e. The Kier molecular flexibility index (Phi) is 5.92. The van der Waals surface area contributed by atoms with E-state index in [9.17, 15) is 13.2 Å². The Morgan fingerprint density at radius 2 is 1.70 bits per heavy atom. The van der Waals surface area contributed by atoms with Crippen molar-refractivity contribution in [2.75, 3.05) is 13.1 Å². The highest BCUT2D eigenvalue weighted by molar-refractivity contribution is 7.89. The molecule has 1 atom stereocenters. The van der Waals surface area contributed by atoms with Crippen LogP contribution in [-0.4, -0.2) is 36.7 Å². The molecule has 1 saturated heterocycles. The molecule has 2 heterocycles. The standard InChI is InChI=1S/C20H25N3O3S/c1-15-3-5-19(6-4-15)27(25,26)23-13-9-18(10-14-23)20(24)22-16(2)17-7-11-21-12-8-17/h3-8,11-12,16,18H,9-10,13-14H2,1-2H3,(H,22,24). The van der Waals surface area contributed by atoms with Gasteiger partial charge in [0.15, 0.2) is 0 Å². The number of hydrogen-bond donors (Lipinski definition) is 1. The van der Waals surface area contributed by atoms with Crippen molar-refractivity contribution in [1.29, 1.82) is 0 Å². The zero-order chi connectivity index (χ0) is 19.4. The lowest BCUT2D eigenvalue weighted by Crippen LogP contribution is -2.43. The van der Waals surface area contributed by atoms with Gasteiger partial charge in [-0.3, -0.25) is 9.78 Å². The molecule has 6 nitrogen and oxygen atoms in total. The molecule has 1 fully saturated rings. The number of benzene rings is 1. The average molecular weight is 388 g/mol. The quantitative estimate of drug-likeness (QED) is 0.855. The van der Waals surface area contributed by atoms with E-state index in [0.717, 1.165) is 11.1 Å². The molecule has 0 aliphatic carbocycles. The Labute approximate surface area is 160 Å². The molecule has 144 valence electrons. The van der Waals surface area contributed by atoms with Crippen LogP contribution in [0.2, 0.25) is 0 Å². The third-order valence-corrected chi connectivity index (χ3v) is 6.96. The van der Waals surface area contributed by atoms with Crippen LogP contribution in [0, 0.1) is 12.8 Å². The number of aromatic nitrogens is 1. The predicted molar refractivity (Wildman–Crippen MR) is 103 cm³/mol. The number of carbonyl (C=O) groups is 1. The van der Waals surface area contributed by atoms with Crippen LogP contribution < -0.4 is 5.32 Å². The van der Waals surface area contributed by atoms with Crippen LogP contribution >= 0.6 is 0 Å². The molecule has 0 bridgehead atoms. The van der Waals surface area contributed by atoms with Gasteiger partial charge in [0.25, 0.3) is 0 Å². The van der Waals surface area contributed by atoms with Crippen molar-refractivity contribution >= 4 is 15.9 Å². The average Bonchev–Trinajstić information content (AvgIpc) is 2.69. The molecule has 1 aromatic heterocycles. The second-order valence-electron chi connectivity index (χ2n) is 7.00. The summed E-state index contributed by atoms with van der Waals surface area (Å²) in [6, 6.07) is 10.5. The maximum absolute atomic E-state index is 12.8. The Hall–Kier alpha value is -2.25. The summed E-state index contributed by atoms with van der Waals surface area (Å²) in [4.78, 5) is 16.8. The van der Waals surface area contributed by atoms with E-state index in [1.807, 2.05) is 26.0 Å². The number of sulfonamides is 1. The Morgan fingerprint density at radius 3 is 2.30 bits per heavy atom. The number of nitrogens with one attached hydrogen (secondary N) is 1. The number of carbonyl (C=O) groups excluding carboxylic acids is 1. The highest BCUT2D eigenvalue weighted by Gasteiger charge is 2.32. The van der Waals surface area contributed by atoms with Crippen LogP contribution in [0.4, 0.5) is 0 Å². The van der Waals surface area contributed by atoms with Gasteiger partial charge >= 0.3 is 0 Å². The summed E-state index contributed by atoms with van der Waals surface area (Å²) >= 11 is 0. The first-order valence-electron chi connectivity index (χ1n) is 9.15. The molecule has 2 aromatic rings. The Balaban J connectivity index is 1.58. The van der Waals surface area contributed by atoms with Crippen molar-refractivity contribution < 1.29 is 13.2 Å². The molecular weight excluding hydrogens is 362 g/mol. The van der Waals surface area contributed by atoms with Gasteiger partial charge in [0.1, 0.15) is 0 Å². The van der Waals surface area contributed by atoms with Crippen LogP contribution in [-0.2, 0) is 14.8 Å². The lowest BCUT2D eigenvalue weighted by atomic mass is 9.96. The normalized spacial score (nSPS) is 17.4. The summed E-state index contributed by atoms with van der Waals surface area (Å²) in [6.07, 6.45) is 4.46. The van der Waals surface area contributed by atoms with Crippen molar-refractivity contribution in [3.63, 3.8) is 0 Å². The van der Waals surface area contributed by atoms with E-state index in [0.29, 0.717) is 30.8 Å². The Bertz CT molecular complexity index is 874. The summed E-state index contributed by atoms with van der Waals surface area (Å²) in [5.74, 6) is -0.189. The van der Waals surface area contributed by atoms with Crippen molar-refractivity contribution in [2.45, 2.75) is 37.6 Å². The van der Waals surface area contributed by atoms with E-state index in [-0.39, 0.29) is 17.9 Å². The molecule has 1 amide bonds. The fraction of sp³-hybridized carbons (Fsp3) is 0.400. The predicted octanol–water partition coefficient (Wildman–Crippen LogP) is 2.67. The lowest BCUT2D eigenvalue weighted by Gasteiger charge is -2.31. The maximum Gasteiger partial charge on any atom is 0.243 e. The smallest absolute Gasteiger partial charge is 0.243 e. The third kappa shape index (κ3) is 4.54. The molecule has 27 heavy (non-hydrogen) atoms. The number of piperidine rings is 1. The number of aryl methyl sites for hydroxylation is 1. The van der Waals surface area contributed by atoms with Crippen LogP contribution in [0.15, 0.2) is 53.7 Å². The third-order valence-electron chi connectivity index (χ3n) is 5.05. The SMILES string of the molecule is Cc1ccc(S(=O)(=O)N2CCC(C(=O)NC(C)c3ccncc3)CC2)cc1. The van der Waals surface area contributed by atoms with E-state index in [1.165, 1.54) is 4.31 Å². The summed E-state index contributed by atoms with van der Waals surface area (Å²) in [7, 11) is -3.50. The largest absolute Gasteiger partial charge is 0.349 e. The molecule has 1 aromatic carbocycles. The summed E-state index contributed by atoms with van der Waals surface area (Å²) in [5.41, 5.74) is 2.02. The van der Waals surface area contributed by atoms with E-state index in [1.54, 1.807) is 36.7 Å². The van der Waals surface area contributed by atoms with Gasteiger partial charge in [-0.05, 0) is 56.5 Å². The number of rotatable bonds is 5. The van der Waals surface area contributed by atoms with Gasteiger partial charge in [0.05, 0.1) is 10.9 Å². The van der Waals surface area contributed by atoms with E-state index in [4.69, 9.17) is 0 Å². The summed E-state index contributed by atoms with van der Waals surface area (Å²) in [5, 5.41) is 3.02. The zero-order valence-corrected chi connectivity index (χ0v) is 16.4. The molecular formula is C20H25N3O3S. The van der Waals surface area contributed by atoms with Crippen LogP contribution in [0.5, 0.6) is 0 Å². The van der Waals surface area contributed by atoms with Gasteiger partial charge in [0.2, 0.25) is 15.9 Å². The maximum atomic E-state index is 12.8. The van der Waals surface area contributed by atoms with E-state index >= 15 is 0 Å². The second kappa shape index (κ2) is 8.19. The first-order chi connectivity index (χ1) is 12.9. The molecule has 0 radical (unpaired) electrons. The van der Waals surface area contributed by atoms with Gasteiger partial charge < -0.3 is 5.32 Å². The molecule has 7 heteroatoms. The molecule has 1 unspecified atom stereocenters. The monoisotopic (exact) mass is 387 g/mol. The van der Waals surface area contributed by atoms with Gasteiger partial charge in [0, 0.05) is 31.4 Å². The van der Waals surface area contributed by atoms with Crippen molar-refractivity contribution in [3.8, 4) is 0 Å². The van der Waals surface area contributed by atoms with Gasteiger partial charge in [-0.1, -0.05) is 17.7 Å². The van der Waals surface area contributed by atoms with Gasteiger partial charge in [-0.2, -0.15) is 4.31 Å². The van der Waals surface area contributed by atoms with Crippen LogP contribution in [0.1, 0.15) is 36.9 Å². The number of nitrogens with zero attached hydrogens (tertiary/aromatic N) is 2. The molecule has 1 aliphatic rings. The second-order valence-corrected chi connectivity index (χ2v) is 8.94. The molecule has 3 rings (SSSR count). The number of pyridine rings is 1. The highest BCUT2D eigenvalue weighted by Crippen LogP contribution is 2.25. The number of amides is 1. The van der Waals surface area contributed by atoms with Crippen molar-refractivity contribution in [1.82, 2.24) is 14.6 Å².